The van der Waals surface area contributed by atoms with Crippen LogP contribution >= 0.6 is 18.3 Å². The molecule has 8 heteroatoms. The predicted octanol–water partition coefficient (Wildman–Crippen LogP) is 2.88. The molecule has 1 unspecified atom stereocenters. The third-order valence-electron chi connectivity index (χ3n) is 0.395. The highest BCUT2D eigenvalue weighted by Gasteiger charge is 2.39. The summed E-state index contributed by atoms with van der Waals surface area (Å²) in [6.07, 6.45) is -4.41. The normalized spacial score (nSPS) is 18.5. The highest BCUT2D eigenvalue weighted by atomic mass is 35.7. The Labute approximate surface area is 58.5 Å². The molecule has 2 nitrogen and oxygen atoms in total. The van der Waals surface area contributed by atoms with Gasteiger partial charge in [-0.2, -0.15) is 8.78 Å². The van der Waals surface area contributed by atoms with Crippen molar-refractivity contribution >= 4 is 18.3 Å². The standard InChI is InChI=1S/C2H2ClF4O2P/c3-10(7,8)9-2(5,6)1-4/h1H2. The van der Waals surface area contributed by atoms with E-state index < -0.39 is 19.8 Å². The smallest absolute Gasteiger partial charge is 0.241 e. The van der Waals surface area contributed by atoms with Crippen molar-refractivity contribution in [2.24, 2.45) is 0 Å². The molecule has 0 saturated carbocycles. The summed E-state index contributed by atoms with van der Waals surface area (Å²) in [6.45, 7) is -2.27. The first-order chi connectivity index (χ1) is 4.27. The zero-order valence-corrected chi connectivity index (χ0v) is 6.01. The van der Waals surface area contributed by atoms with Crippen LogP contribution in [-0.2, 0) is 9.09 Å². The number of rotatable bonds is 3. The van der Waals surface area contributed by atoms with Gasteiger partial charge in [-0.3, -0.25) is 0 Å². The fraction of sp³-hybridized carbons (Fsp3) is 1.00. The van der Waals surface area contributed by atoms with Crippen LogP contribution in [0.3, 0.4) is 0 Å². The Morgan fingerprint density at radius 2 is 2.00 bits per heavy atom. The second kappa shape index (κ2) is 3.07. The van der Waals surface area contributed by atoms with Crippen LogP contribution in [0.15, 0.2) is 0 Å². The summed E-state index contributed by atoms with van der Waals surface area (Å²) >= 11 is 4.12. The highest BCUT2D eigenvalue weighted by Crippen LogP contribution is 2.57. The number of hydrogen-bond donors (Lipinski definition) is 0. The first-order valence-electron chi connectivity index (χ1n) is 1.91. The topological polar surface area (TPSA) is 26.3 Å². The summed E-state index contributed by atoms with van der Waals surface area (Å²) < 4.78 is 58.1. The molecule has 0 N–H and O–H groups in total. The molecule has 0 spiro atoms. The molecule has 62 valence electrons. The third-order valence-corrected chi connectivity index (χ3v) is 1.08. The van der Waals surface area contributed by atoms with E-state index in [0.717, 1.165) is 0 Å². The molecule has 0 aliphatic carbocycles. The van der Waals surface area contributed by atoms with Crippen LogP contribution in [0.25, 0.3) is 0 Å². The molecule has 0 bridgehead atoms. The van der Waals surface area contributed by atoms with Crippen molar-refractivity contribution in [1.82, 2.24) is 0 Å². The van der Waals surface area contributed by atoms with E-state index in [1.807, 2.05) is 0 Å². The average molecular weight is 200 g/mol. The van der Waals surface area contributed by atoms with Gasteiger partial charge in [-0.15, -0.1) is 4.20 Å². The highest BCUT2D eigenvalue weighted by molar-refractivity contribution is 7.81. The first-order valence-corrected chi connectivity index (χ1v) is 4.33. The van der Waals surface area contributed by atoms with E-state index in [1.165, 1.54) is 0 Å². The van der Waals surface area contributed by atoms with Gasteiger partial charge in [0.05, 0.1) is 0 Å². The lowest BCUT2D eigenvalue weighted by molar-refractivity contribution is -0.186. The lowest BCUT2D eigenvalue weighted by Gasteiger charge is -2.10. The van der Waals surface area contributed by atoms with E-state index in [-0.39, 0.29) is 0 Å². The summed E-state index contributed by atoms with van der Waals surface area (Å²) in [5, 5.41) is 0. The maximum absolute atomic E-state index is 11.6. The Balaban J connectivity index is 4.02. The van der Waals surface area contributed by atoms with Gasteiger partial charge in [0, 0.05) is 11.2 Å². The Bertz CT molecular complexity index is 155. The third kappa shape index (κ3) is 5.02. The van der Waals surface area contributed by atoms with E-state index in [0.29, 0.717) is 0 Å². The molecular weight excluding hydrogens is 198 g/mol. The molecule has 0 fully saturated rings. The van der Waals surface area contributed by atoms with Crippen LogP contribution in [0.2, 0.25) is 0 Å². The number of hydrogen-bond acceptors (Lipinski definition) is 2. The van der Waals surface area contributed by atoms with Gasteiger partial charge in [0.2, 0.25) is 0 Å². The quantitative estimate of drug-likeness (QED) is 0.517. The van der Waals surface area contributed by atoms with Gasteiger partial charge >= 0.3 is 13.1 Å². The Hall–Kier alpha value is 0.200. The van der Waals surface area contributed by atoms with Gasteiger partial charge in [0.1, 0.15) is 0 Å². The van der Waals surface area contributed by atoms with E-state index >= 15 is 0 Å². The summed E-state index contributed by atoms with van der Waals surface area (Å²) in [6, 6.07) is 0. The van der Waals surface area contributed by atoms with Gasteiger partial charge < -0.3 is 0 Å². The van der Waals surface area contributed by atoms with Crippen LogP contribution in [0.4, 0.5) is 17.4 Å². The summed E-state index contributed by atoms with van der Waals surface area (Å²) in [4.78, 5) is 0. The second-order valence-electron chi connectivity index (χ2n) is 1.28. The van der Waals surface area contributed by atoms with E-state index in [4.69, 9.17) is 0 Å². The molecule has 0 aromatic heterocycles. The Morgan fingerprint density at radius 3 is 2.10 bits per heavy atom. The molecule has 0 heterocycles. The minimum Gasteiger partial charge on any atom is -0.241 e. The van der Waals surface area contributed by atoms with Crippen LogP contribution in [-0.4, -0.2) is 12.8 Å². The van der Waals surface area contributed by atoms with Gasteiger partial charge in [-0.05, 0) is 0 Å². The SMILES string of the molecule is O=P(F)(Cl)OC(F)(F)CF. The van der Waals surface area contributed by atoms with Crippen LogP contribution in [0.1, 0.15) is 0 Å². The molecule has 0 radical (unpaired) electrons. The van der Waals surface area contributed by atoms with Crippen LogP contribution in [0, 0.1) is 0 Å². The van der Waals surface area contributed by atoms with Crippen molar-refractivity contribution in [1.29, 1.82) is 0 Å². The van der Waals surface area contributed by atoms with E-state index in [2.05, 4.69) is 15.8 Å². The monoisotopic (exact) mass is 200 g/mol. The zero-order valence-electron chi connectivity index (χ0n) is 4.36. The zero-order chi connectivity index (χ0) is 8.41. The van der Waals surface area contributed by atoms with Crippen LogP contribution in [0.5, 0.6) is 0 Å². The Morgan fingerprint density at radius 1 is 1.60 bits per heavy atom. The molecule has 1 atom stereocenters. The van der Waals surface area contributed by atoms with Crippen molar-refractivity contribution < 1.29 is 26.5 Å². The number of alkyl halides is 3. The van der Waals surface area contributed by atoms with E-state index in [9.17, 15) is 21.9 Å². The molecule has 0 aliphatic rings. The maximum Gasteiger partial charge on any atom is 0.465 e. The fourth-order valence-electron chi connectivity index (χ4n) is 0.180. The van der Waals surface area contributed by atoms with Crippen molar-refractivity contribution in [2.75, 3.05) is 6.67 Å². The number of halogens is 5. The predicted molar refractivity (Wildman–Crippen MR) is 26.6 cm³/mol. The average Bonchev–Trinajstić information content (AvgIpc) is 1.60. The van der Waals surface area contributed by atoms with Crippen molar-refractivity contribution in [3.8, 4) is 0 Å². The maximum atomic E-state index is 11.6. The first kappa shape index (κ1) is 10.2. The molecule has 0 aromatic rings. The molecule has 0 amide bonds. The van der Waals surface area contributed by atoms with Gasteiger partial charge in [0.15, 0.2) is 6.67 Å². The van der Waals surface area contributed by atoms with Gasteiger partial charge in [0.25, 0.3) is 0 Å². The second-order valence-corrected chi connectivity index (χ2v) is 3.50. The summed E-state index contributed by atoms with van der Waals surface area (Å²) in [5.41, 5.74) is 0. The fourth-order valence-corrected chi connectivity index (χ4v) is 0.843. The summed E-state index contributed by atoms with van der Waals surface area (Å²) in [7, 11) is -5.32. The van der Waals surface area contributed by atoms with Crippen molar-refractivity contribution in [2.45, 2.75) is 6.11 Å². The summed E-state index contributed by atoms with van der Waals surface area (Å²) in [5.74, 6) is 0. The van der Waals surface area contributed by atoms with Gasteiger partial charge in [-0.25, -0.2) is 13.5 Å². The largest absolute Gasteiger partial charge is 0.465 e. The molecule has 0 aromatic carbocycles. The van der Waals surface area contributed by atoms with Crippen molar-refractivity contribution in [3.63, 3.8) is 0 Å². The molecule has 10 heavy (non-hydrogen) atoms. The molecule has 0 saturated heterocycles. The molecule has 0 aliphatic heterocycles. The van der Waals surface area contributed by atoms with E-state index in [1.54, 1.807) is 0 Å². The lowest BCUT2D eigenvalue weighted by atomic mass is 10.7. The minimum absolute atomic E-state index is 2.27. The van der Waals surface area contributed by atoms with Gasteiger partial charge in [-0.1, -0.05) is 0 Å². The van der Waals surface area contributed by atoms with Crippen molar-refractivity contribution in [3.05, 3.63) is 0 Å². The Kier molecular flexibility index (Phi) is 3.13. The molecular formula is C2H2ClF4O2P. The minimum atomic E-state index is -5.32. The lowest BCUT2D eigenvalue weighted by Crippen LogP contribution is -2.20. The van der Waals surface area contributed by atoms with Crippen LogP contribution < -0.4 is 0 Å². The molecule has 0 rings (SSSR count).